The normalized spacial score (nSPS) is 10.2. The van der Waals surface area contributed by atoms with Crippen molar-refractivity contribution in [1.82, 2.24) is 4.98 Å². The Kier molecular flexibility index (Phi) is 3.79. The van der Waals surface area contributed by atoms with Gasteiger partial charge >= 0.3 is 101 Å². The van der Waals surface area contributed by atoms with Crippen LogP contribution in [0.5, 0.6) is 0 Å². The molecule has 0 aliphatic carbocycles. The van der Waals surface area contributed by atoms with Gasteiger partial charge in [0.25, 0.3) is 0 Å². The molecule has 2 rings (SSSR count). The molecule has 0 atom stereocenters. The minimum atomic E-state index is 0.368. The fourth-order valence-corrected chi connectivity index (χ4v) is 3.42. The summed E-state index contributed by atoms with van der Waals surface area (Å²) in [7, 11) is 0. The van der Waals surface area contributed by atoms with E-state index in [1.165, 1.54) is 10.0 Å². The molecule has 2 aromatic rings. The number of pyridine rings is 1. The standard InChI is InChI=1S/C12H10ClNSe/c13-12-11(7-4-8-14-12)15-9-10-5-2-1-3-6-10/h1-8H,9H2. The van der Waals surface area contributed by atoms with Crippen molar-refractivity contribution in [3.05, 3.63) is 59.4 Å². The van der Waals surface area contributed by atoms with E-state index < -0.39 is 0 Å². The van der Waals surface area contributed by atoms with Crippen molar-refractivity contribution in [2.45, 2.75) is 5.32 Å². The van der Waals surface area contributed by atoms with Gasteiger partial charge in [-0.1, -0.05) is 0 Å². The van der Waals surface area contributed by atoms with Crippen molar-refractivity contribution >= 4 is 31.0 Å². The summed E-state index contributed by atoms with van der Waals surface area (Å²) >= 11 is 6.36. The SMILES string of the molecule is Clc1ncccc1[Se]Cc1ccccc1. The summed E-state index contributed by atoms with van der Waals surface area (Å²) in [6, 6.07) is 14.4. The predicted molar refractivity (Wildman–Crippen MR) is 64.8 cm³/mol. The van der Waals surface area contributed by atoms with E-state index >= 15 is 0 Å². The van der Waals surface area contributed by atoms with Crippen molar-refractivity contribution in [2.75, 3.05) is 0 Å². The van der Waals surface area contributed by atoms with Crippen molar-refractivity contribution < 1.29 is 0 Å². The zero-order valence-electron chi connectivity index (χ0n) is 8.06. The van der Waals surface area contributed by atoms with Crippen molar-refractivity contribution in [3.63, 3.8) is 0 Å². The number of rotatable bonds is 3. The molecule has 0 spiro atoms. The van der Waals surface area contributed by atoms with Crippen molar-refractivity contribution in [3.8, 4) is 0 Å². The van der Waals surface area contributed by atoms with Crippen molar-refractivity contribution in [1.29, 1.82) is 0 Å². The Morgan fingerprint density at radius 3 is 2.60 bits per heavy atom. The van der Waals surface area contributed by atoms with E-state index in [4.69, 9.17) is 11.6 Å². The molecule has 0 saturated carbocycles. The quantitative estimate of drug-likeness (QED) is 0.622. The monoisotopic (exact) mass is 283 g/mol. The minimum absolute atomic E-state index is 0.368. The van der Waals surface area contributed by atoms with Gasteiger partial charge < -0.3 is 0 Å². The summed E-state index contributed by atoms with van der Waals surface area (Å²) in [6.07, 6.45) is 1.73. The number of nitrogens with zero attached hydrogens (tertiary/aromatic N) is 1. The molecule has 0 unspecified atom stereocenters. The van der Waals surface area contributed by atoms with Gasteiger partial charge in [-0.05, 0) is 0 Å². The molecular formula is C12H10ClNSe. The first-order valence-corrected chi connectivity index (χ1v) is 7.08. The van der Waals surface area contributed by atoms with Gasteiger partial charge in [0, 0.05) is 0 Å². The topological polar surface area (TPSA) is 12.9 Å². The van der Waals surface area contributed by atoms with Crippen LogP contribution in [0.4, 0.5) is 0 Å². The second-order valence-electron chi connectivity index (χ2n) is 3.07. The molecule has 0 aliphatic rings. The van der Waals surface area contributed by atoms with E-state index in [1.54, 1.807) is 6.20 Å². The Morgan fingerprint density at radius 1 is 1.07 bits per heavy atom. The molecule has 0 aliphatic heterocycles. The number of halogens is 1. The fraction of sp³-hybridized carbons (Fsp3) is 0.0833. The van der Waals surface area contributed by atoms with Gasteiger partial charge in [-0.25, -0.2) is 0 Å². The van der Waals surface area contributed by atoms with Gasteiger partial charge in [-0.2, -0.15) is 0 Å². The summed E-state index contributed by atoms with van der Waals surface area (Å²) in [5, 5.41) is 1.72. The van der Waals surface area contributed by atoms with E-state index in [2.05, 4.69) is 35.3 Å². The third kappa shape index (κ3) is 3.07. The molecule has 0 saturated heterocycles. The number of hydrogen-bond acceptors (Lipinski definition) is 1. The summed E-state index contributed by atoms with van der Waals surface area (Å²) in [5.74, 6) is 0. The van der Waals surface area contributed by atoms with Crippen LogP contribution in [-0.4, -0.2) is 19.9 Å². The zero-order chi connectivity index (χ0) is 10.5. The Labute approximate surface area is 101 Å². The van der Waals surface area contributed by atoms with Gasteiger partial charge in [-0.15, -0.1) is 0 Å². The molecule has 0 fully saturated rings. The summed E-state index contributed by atoms with van der Waals surface area (Å²) < 4.78 is 1.18. The third-order valence-corrected chi connectivity index (χ3v) is 4.86. The molecule has 3 heteroatoms. The molecule has 76 valence electrons. The maximum atomic E-state index is 5.99. The van der Waals surface area contributed by atoms with Crippen LogP contribution in [0.25, 0.3) is 0 Å². The molecule has 0 bridgehead atoms. The molecule has 0 amide bonds. The first-order valence-electron chi connectivity index (χ1n) is 4.63. The average Bonchev–Trinajstić information content (AvgIpc) is 2.29. The zero-order valence-corrected chi connectivity index (χ0v) is 10.5. The van der Waals surface area contributed by atoms with Gasteiger partial charge in [0.05, 0.1) is 0 Å². The summed E-state index contributed by atoms with van der Waals surface area (Å²) in [5.41, 5.74) is 1.36. The Bertz CT molecular complexity index is 431. The Morgan fingerprint density at radius 2 is 1.87 bits per heavy atom. The third-order valence-electron chi connectivity index (χ3n) is 1.96. The number of aromatic nitrogens is 1. The van der Waals surface area contributed by atoms with E-state index in [0.29, 0.717) is 20.1 Å². The molecular weight excluding hydrogens is 273 g/mol. The Hall–Kier alpha value is -0.821. The second-order valence-corrected chi connectivity index (χ2v) is 5.56. The van der Waals surface area contributed by atoms with Crippen LogP contribution in [0.15, 0.2) is 48.7 Å². The molecule has 0 radical (unpaired) electrons. The van der Waals surface area contributed by atoms with Gasteiger partial charge in [0.1, 0.15) is 0 Å². The first kappa shape index (κ1) is 10.7. The van der Waals surface area contributed by atoms with E-state index in [0.717, 1.165) is 5.32 Å². The molecule has 1 aromatic carbocycles. The van der Waals surface area contributed by atoms with E-state index in [1.807, 2.05) is 12.1 Å². The fourth-order valence-electron chi connectivity index (χ4n) is 1.21. The predicted octanol–water partition coefficient (Wildman–Crippen LogP) is 2.26. The summed E-state index contributed by atoms with van der Waals surface area (Å²) in [6.45, 7) is 0. The van der Waals surface area contributed by atoms with E-state index in [-0.39, 0.29) is 0 Å². The number of benzene rings is 1. The maximum absolute atomic E-state index is 5.99. The van der Waals surface area contributed by atoms with Crippen LogP contribution >= 0.6 is 11.6 Å². The van der Waals surface area contributed by atoms with Crippen molar-refractivity contribution in [2.24, 2.45) is 0 Å². The van der Waals surface area contributed by atoms with E-state index in [9.17, 15) is 0 Å². The van der Waals surface area contributed by atoms with Crippen LogP contribution in [0.3, 0.4) is 0 Å². The van der Waals surface area contributed by atoms with Crippen LogP contribution < -0.4 is 4.46 Å². The van der Waals surface area contributed by atoms with Gasteiger partial charge in [0.2, 0.25) is 0 Å². The second kappa shape index (κ2) is 5.31. The van der Waals surface area contributed by atoms with Gasteiger partial charge in [-0.3, -0.25) is 0 Å². The van der Waals surface area contributed by atoms with Crippen LogP contribution in [0, 0.1) is 0 Å². The molecule has 1 heterocycles. The van der Waals surface area contributed by atoms with Crippen LogP contribution in [0.2, 0.25) is 5.15 Å². The average molecular weight is 283 g/mol. The van der Waals surface area contributed by atoms with Crippen LogP contribution in [0.1, 0.15) is 5.56 Å². The molecule has 15 heavy (non-hydrogen) atoms. The first-order chi connectivity index (χ1) is 7.36. The molecule has 0 N–H and O–H groups in total. The molecule has 1 nitrogen and oxygen atoms in total. The van der Waals surface area contributed by atoms with Crippen LogP contribution in [-0.2, 0) is 5.32 Å². The molecule has 1 aromatic heterocycles. The Balaban J connectivity index is 2.03. The number of hydrogen-bond donors (Lipinski definition) is 0. The van der Waals surface area contributed by atoms with Gasteiger partial charge in [0.15, 0.2) is 0 Å². The summed E-state index contributed by atoms with van der Waals surface area (Å²) in [4.78, 5) is 4.07.